The Hall–Kier alpha value is -2.20. The molecule has 4 heteroatoms. The van der Waals surface area contributed by atoms with Crippen LogP contribution in [0.1, 0.15) is 11.1 Å². The Kier molecular flexibility index (Phi) is 3.69. The van der Waals surface area contributed by atoms with Crippen molar-refractivity contribution in [2.24, 2.45) is 0 Å². The van der Waals surface area contributed by atoms with Crippen molar-refractivity contribution < 1.29 is 20.1 Å². The summed E-state index contributed by atoms with van der Waals surface area (Å²) in [4.78, 5) is 0. The lowest BCUT2D eigenvalue weighted by atomic mass is 10.2. The van der Waals surface area contributed by atoms with Crippen molar-refractivity contribution in [1.82, 2.24) is 0 Å². The Bertz CT molecular complexity index is 500. The van der Waals surface area contributed by atoms with Gasteiger partial charge in [0.25, 0.3) is 0 Å². The van der Waals surface area contributed by atoms with Gasteiger partial charge in [-0.05, 0) is 23.3 Å². The molecule has 0 heterocycles. The van der Waals surface area contributed by atoms with Crippen molar-refractivity contribution in [2.45, 2.75) is 13.2 Å². The van der Waals surface area contributed by atoms with Crippen LogP contribution < -0.4 is 4.74 Å². The van der Waals surface area contributed by atoms with E-state index in [1.807, 2.05) is 30.3 Å². The monoisotopic (exact) mass is 246 g/mol. The first-order valence-corrected chi connectivity index (χ1v) is 5.53. The van der Waals surface area contributed by atoms with Gasteiger partial charge >= 0.3 is 0 Å². The van der Waals surface area contributed by atoms with E-state index in [4.69, 9.17) is 9.84 Å². The highest BCUT2D eigenvalue weighted by molar-refractivity contribution is 5.52. The molecule has 2 aromatic rings. The second-order valence-electron chi connectivity index (χ2n) is 3.90. The van der Waals surface area contributed by atoms with E-state index in [2.05, 4.69) is 0 Å². The minimum Gasteiger partial charge on any atom is -0.504 e. The number of phenols is 2. The molecule has 94 valence electrons. The zero-order chi connectivity index (χ0) is 13.0. The van der Waals surface area contributed by atoms with Crippen LogP contribution in [0.3, 0.4) is 0 Å². The van der Waals surface area contributed by atoms with Gasteiger partial charge in [0.2, 0.25) is 5.75 Å². The summed E-state index contributed by atoms with van der Waals surface area (Å²) < 4.78 is 5.37. The van der Waals surface area contributed by atoms with Gasteiger partial charge in [-0.2, -0.15) is 0 Å². The summed E-state index contributed by atoms with van der Waals surface area (Å²) in [6.45, 7) is 0.000513. The summed E-state index contributed by atoms with van der Waals surface area (Å²) in [5, 5.41) is 28.3. The number of ether oxygens (including phenoxy) is 1. The minimum atomic E-state index is -0.250. The van der Waals surface area contributed by atoms with E-state index in [0.717, 1.165) is 5.56 Å². The highest BCUT2D eigenvalue weighted by Crippen LogP contribution is 2.37. The number of aromatic hydroxyl groups is 2. The zero-order valence-corrected chi connectivity index (χ0v) is 9.71. The lowest BCUT2D eigenvalue weighted by molar-refractivity contribution is 0.266. The maximum atomic E-state index is 9.69. The summed E-state index contributed by atoms with van der Waals surface area (Å²) in [6.07, 6.45) is 0. The summed E-state index contributed by atoms with van der Waals surface area (Å²) in [5.41, 5.74) is 1.36. The second kappa shape index (κ2) is 5.42. The van der Waals surface area contributed by atoms with Gasteiger partial charge in [0.05, 0.1) is 6.61 Å². The van der Waals surface area contributed by atoms with Crippen LogP contribution in [-0.4, -0.2) is 15.3 Å². The third-order valence-corrected chi connectivity index (χ3v) is 2.52. The molecule has 0 aliphatic heterocycles. The number of hydrogen-bond acceptors (Lipinski definition) is 4. The maximum absolute atomic E-state index is 9.69. The molecule has 0 amide bonds. The third kappa shape index (κ3) is 2.73. The van der Waals surface area contributed by atoms with Crippen LogP contribution in [0.15, 0.2) is 42.5 Å². The Labute approximate surface area is 105 Å². The molecule has 4 nitrogen and oxygen atoms in total. The van der Waals surface area contributed by atoms with Crippen molar-refractivity contribution in [3.8, 4) is 17.2 Å². The smallest absolute Gasteiger partial charge is 0.203 e. The third-order valence-electron chi connectivity index (χ3n) is 2.52. The van der Waals surface area contributed by atoms with E-state index < -0.39 is 0 Å². The highest BCUT2D eigenvalue weighted by atomic mass is 16.5. The average molecular weight is 246 g/mol. The fourth-order valence-corrected chi connectivity index (χ4v) is 1.62. The van der Waals surface area contributed by atoms with Gasteiger partial charge in [0, 0.05) is 0 Å². The minimum absolute atomic E-state index is 0.0241. The van der Waals surface area contributed by atoms with E-state index in [0.29, 0.717) is 5.56 Å². The average Bonchev–Trinajstić information content (AvgIpc) is 2.38. The molecule has 0 radical (unpaired) electrons. The number of phenolic OH excluding ortho intramolecular Hbond substituents is 2. The SMILES string of the molecule is OCc1cc(O)c(OCc2ccccc2)c(O)c1. The fourth-order valence-electron chi connectivity index (χ4n) is 1.62. The molecule has 0 atom stereocenters. The van der Waals surface area contributed by atoms with Crippen LogP contribution in [-0.2, 0) is 13.2 Å². The van der Waals surface area contributed by atoms with E-state index in [1.54, 1.807) is 0 Å². The zero-order valence-electron chi connectivity index (χ0n) is 9.71. The van der Waals surface area contributed by atoms with Crippen LogP contribution in [0.25, 0.3) is 0 Å². The molecule has 2 aromatic carbocycles. The molecule has 0 fully saturated rings. The number of aliphatic hydroxyl groups is 1. The maximum Gasteiger partial charge on any atom is 0.203 e. The lowest BCUT2D eigenvalue weighted by Crippen LogP contribution is -1.96. The molecule has 0 unspecified atom stereocenters. The number of aliphatic hydroxyl groups excluding tert-OH is 1. The van der Waals surface area contributed by atoms with Crippen LogP contribution in [0.2, 0.25) is 0 Å². The fraction of sp³-hybridized carbons (Fsp3) is 0.143. The van der Waals surface area contributed by atoms with Crippen LogP contribution in [0.4, 0.5) is 0 Å². The van der Waals surface area contributed by atoms with Crippen LogP contribution in [0.5, 0.6) is 17.2 Å². The summed E-state index contributed by atoms with van der Waals surface area (Å²) >= 11 is 0. The summed E-state index contributed by atoms with van der Waals surface area (Å²) in [6, 6.07) is 12.2. The number of benzene rings is 2. The Morgan fingerprint density at radius 2 is 1.50 bits per heavy atom. The summed E-state index contributed by atoms with van der Waals surface area (Å²) in [7, 11) is 0. The molecule has 0 saturated carbocycles. The van der Waals surface area contributed by atoms with Crippen molar-refractivity contribution in [3.05, 3.63) is 53.6 Å². The molecule has 3 N–H and O–H groups in total. The van der Waals surface area contributed by atoms with Gasteiger partial charge in [0.1, 0.15) is 6.61 Å². The molecule has 18 heavy (non-hydrogen) atoms. The molecule has 0 aliphatic rings. The molecule has 0 aliphatic carbocycles. The van der Waals surface area contributed by atoms with Crippen molar-refractivity contribution >= 4 is 0 Å². The summed E-state index contributed by atoms with van der Waals surface area (Å²) in [5.74, 6) is -0.346. The molecular formula is C14H14O4. The van der Waals surface area contributed by atoms with Gasteiger partial charge in [-0.1, -0.05) is 30.3 Å². The normalized spacial score (nSPS) is 10.3. The predicted molar refractivity (Wildman–Crippen MR) is 66.5 cm³/mol. The predicted octanol–water partition coefficient (Wildman–Crippen LogP) is 2.17. The Morgan fingerprint density at radius 3 is 2.06 bits per heavy atom. The first-order valence-electron chi connectivity index (χ1n) is 5.53. The van der Waals surface area contributed by atoms with E-state index >= 15 is 0 Å². The quantitative estimate of drug-likeness (QED) is 0.773. The van der Waals surface area contributed by atoms with Crippen molar-refractivity contribution in [1.29, 1.82) is 0 Å². The van der Waals surface area contributed by atoms with Crippen molar-refractivity contribution in [3.63, 3.8) is 0 Å². The Balaban J connectivity index is 2.15. The highest BCUT2D eigenvalue weighted by Gasteiger charge is 2.11. The van der Waals surface area contributed by atoms with Gasteiger partial charge in [-0.15, -0.1) is 0 Å². The van der Waals surface area contributed by atoms with E-state index in [9.17, 15) is 10.2 Å². The number of hydrogen-bond donors (Lipinski definition) is 3. The lowest BCUT2D eigenvalue weighted by Gasteiger charge is -2.11. The van der Waals surface area contributed by atoms with Gasteiger partial charge in [-0.25, -0.2) is 0 Å². The largest absolute Gasteiger partial charge is 0.504 e. The molecule has 0 aromatic heterocycles. The molecule has 0 saturated heterocycles. The first kappa shape index (κ1) is 12.3. The molecular weight excluding hydrogens is 232 g/mol. The topological polar surface area (TPSA) is 69.9 Å². The molecule has 0 spiro atoms. The van der Waals surface area contributed by atoms with Crippen LogP contribution >= 0.6 is 0 Å². The van der Waals surface area contributed by atoms with Gasteiger partial charge in [0.15, 0.2) is 11.5 Å². The number of rotatable bonds is 4. The van der Waals surface area contributed by atoms with Crippen molar-refractivity contribution in [2.75, 3.05) is 0 Å². The van der Waals surface area contributed by atoms with Gasteiger partial charge < -0.3 is 20.1 Å². The van der Waals surface area contributed by atoms with E-state index in [-0.39, 0.29) is 30.5 Å². The second-order valence-corrected chi connectivity index (χ2v) is 3.90. The first-order chi connectivity index (χ1) is 8.70. The molecule has 0 bridgehead atoms. The Morgan fingerprint density at radius 1 is 0.889 bits per heavy atom. The van der Waals surface area contributed by atoms with Crippen LogP contribution in [0, 0.1) is 0 Å². The standard InChI is InChI=1S/C14H14O4/c15-8-11-6-12(16)14(13(17)7-11)18-9-10-4-2-1-3-5-10/h1-7,15-17H,8-9H2. The van der Waals surface area contributed by atoms with Gasteiger partial charge in [-0.3, -0.25) is 0 Å². The van der Waals surface area contributed by atoms with E-state index in [1.165, 1.54) is 12.1 Å². The molecule has 2 rings (SSSR count).